The van der Waals surface area contributed by atoms with Crippen molar-refractivity contribution in [2.45, 2.75) is 69.5 Å². The number of ether oxygens (including phenoxy) is 3. The average Bonchev–Trinajstić information content (AvgIpc) is 3.29. The molecule has 8 nitrogen and oxygen atoms in total. The second kappa shape index (κ2) is 11.4. The van der Waals surface area contributed by atoms with Crippen LogP contribution in [0.4, 0.5) is 0 Å². The molecule has 1 aliphatic carbocycles. The average molecular weight is 487 g/mol. The van der Waals surface area contributed by atoms with Crippen molar-refractivity contribution in [3.8, 4) is 23.0 Å². The number of hydrogen-bond donors (Lipinski definition) is 3. The maximum absolute atomic E-state index is 13.3. The fourth-order valence-electron chi connectivity index (χ4n) is 4.99. The zero-order chi connectivity index (χ0) is 25.6. The zero-order valence-corrected chi connectivity index (χ0v) is 20.5. The monoisotopic (exact) mass is 486 g/mol. The minimum Gasteiger partial charge on any atom is -0.504 e. The van der Waals surface area contributed by atoms with Gasteiger partial charge < -0.3 is 29.5 Å². The molecule has 0 heterocycles. The number of esters is 1. The number of aliphatic hydroxyl groups is 1. The molecule has 0 aromatic heterocycles. The van der Waals surface area contributed by atoms with E-state index in [9.17, 15) is 24.9 Å². The number of methoxy groups -OCH3 is 2. The van der Waals surface area contributed by atoms with Gasteiger partial charge in [0.05, 0.1) is 20.3 Å². The summed E-state index contributed by atoms with van der Waals surface area (Å²) in [4.78, 5) is 25.0. The van der Waals surface area contributed by atoms with Crippen LogP contribution in [0.15, 0.2) is 36.4 Å². The van der Waals surface area contributed by atoms with E-state index in [0.29, 0.717) is 11.3 Å². The van der Waals surface area contributed by atoms with E-state index in [4.69, 9.17) is 14.2 Å². The summed E-state index contributed by atoms with van der Waals surface area (Å²) in [5.41, 5.74) is 1.20. The molecule has 2 aromatic rings. The number of carbonyl (C=O) groups excluding carboxylic acids is 2. The first kappa shape index (κ1) is 26.3. The molecule has 3 rings (SSSR count). The lowest BCUT2D eigenvalue weighted by atomic mass is 9.74. The maximum Gasteiger partial charge on any atom is 0.303 e. The van der Waals surface area contributed by atoms with Gasteiger partial charge in [-0.2, -0.15) is 0 Å². The number of benzene rings is 2. The molecular weight excluding hydrogens is 452 g/mol. The molecule has 1 fully saturated rings. The number of ketones is 1. The van der Waals surface area contributed by atoms with Crippen LogP contribution in [0.3, 0.4) is 0 Å². The molecule has 8 heteroatoms. The molecule has 1 saturated carbocycles. The largest absolute Gasteiger partial charge is 0.504 e. The number of Topliss-reactive ketones (excluding diaryl/α,β-unsaturated/α-hetero) is 1. The van der Waals surface area contributed by atoms with Crippen LogP contribution in [0, 0.1) is 0 Å². The summed E-state index contributed by atoms with van der Waals surface area (Å²) in [5, 5.41) is 30.6. The number of phenols is 2. The summed E-state index contributed by atoms with van der Waals surface area (Å²) in [6, 6.07) is 9.88. The van der Waals surface area contributed by atoms with Crippen LogP contribution < -0.4 is 9.47 Å². The van der Waals surface area contributed by atoms with Gasteiger partial charge in [0, 0.05) is 31.6 Å². The molecule has 0 spiro atoms. The lowest BCUT2D eigenvalue weighted by molar-refractivity contribution is -0.154. The van der Waals surface area contributed by atoms with Crippen molar-refractivity contribution in [3.05, 3.63) is 47.5 Å². The Labute approximate surface area is 205 Å². The Morgan fingerprint density at radius 2 is 1.57 bits per heavy atom. The molecule has 35 heavy (non-hydrogen) atoms. The lowest BCUT2D eigenvalue weighted by Crippen LogP contribution is -2.36. The molecule has 0 radical (unpaired) electrons. The highest BCUT2D eigenvalue weighted by atomic mass is 16.6. The van der Waals surface area contributed by atoms with Crippen LogP contribution in [0.2, 0.25) is 0 Å². The molecule has 1 aliphatic rings. The van der Waals surface area contributed by atoms with Gasteiger partial charge in [0.25, 0.3) is 0 Å². The highest BCUT2D eigenvalue weighted by molar-refractivity contribution is 5.81. The van der Waals surface area contributed by atoms with Gasteiger partial charge in [-0.3, -0.25) is 9.59 Å². The molecular formula is C27H34O8. The van der Waals surface area contributed by atoms with Gasteiger partial charge in [-0.15, -0.1) is 0 Å². The molecule has 2 atom stereocenters. The second-order valence-corrected chi connectivity index (χ2v) is 9.22. The normalized spacial score (nSPS) is 16.3. The molecule has 0 bridgehead atoms. The van der Waals surface area contributed by atoms with E-state index in [1.807, 2.05) is 6.07 Å². The van der Waals surface area contributed by atoms with Gasteiger partial charge in [-0.05, 0) is 48.2 Å². The van der Waals surface area contributed by atoms with Crippen LogP contribution in [-0.2, 0) is 26.2 Å². The molecule has 0 aliphatic heterocycles. The Morgan fingerprint density at radius 3 is 2.17 bits per heavy atom. The number of hydrogen-bond acceptors (Lipinski definition) is 8. The lowest BCUT2D eigenvalue weighted by Gasteiger charge is -2.31. The van der Waals surface area contributed by atoms with Gasteiger partial charge in [0.1, 0.15) is 11.9 Å². The number of phenolic OH excluding ortho intramolecular Hbond substituents is 2. The third-order valence-corrected chi connectivity index (χ3v) is 6.75. The van der Waals surface area contributed by atoms with Crippen LogP contribution in [0.5, 0.6) is 23.0 Å². The SMILES string of the molecule is COc1cc(C[C@H](O)[C@H](CC(=O)CC2(c3ccc(O)c(OC)c3)CCCC2)OC(C)=O)ccc1O. The van der Waals surface area contributed by atoms with Crippen molar-refractivity contribution >= 4 is 11.8 Å². The van der Waals surface area contributed by atoms with Crippen molar-refractivity contribution in [1.29, 1.82) is 0 Å². The summed E-state index contributed by atoms with van der Waals surface area (Å²) < 4.78 is 15.7. The van der Waals surface area contributed by atoms with Crippen LogP contribution in [0.25, 0.3) is 0 Å². The Morgan fingerprint density at radius 1 is 0.971 bits per heavy atom. The van der Waals surface area contributed by atoms with Crippen molar-refractivity contribution < 1.29 is 39.1 Å². The van der Waals surface area contributed by atoms with Crippen molar-refractivity contribution in [2.75, 3.05) is 14.2 Å². The van der Waals surface area contributed by atoms with E-state index in [0.717, 1.165) is 31.2 Å². The van der Waals surface area contributed by atoms with Crippen molar-refractivity contribution in [2.24, 2.45) is 0 Å². The van der Waals surface area contributed by atoms with E-state index in [2.05, 4.69) is 0 Å². The van der Waals surface area contributed by atoms with Gasteiger partial charge in [0.2, 0.25) is 0 Å². The summed E-state index contributed by atoms with van der Waals surface area (Å²) in [5.74, 6) is -0.0533. The smallest absolute Gasteiger partial charge is 0.303 e. The Balaban J connectivity index is 1.76. The third-order valence-electron chi connectivity index (χ3n) is 6.75. The minimum atomic E-state index is -1.12. The molecule has 190 valence electrons. The minimum absolute atomic E-state index is 0.0230. The maximum atomic E-state index is 13.3. The quantitative estimate of drug-likeness (QED) is 0.410. The standard InChI is InChI=1S/C27H34O8/c1-17(28)35-26(23(32)12-18-6-8-21(30)24(13-18)33-2)15-20(29)16-27(10-4-5-11-27)19-7-9-22(31)25(14-19)34-3/h6-9,13-14,23,26,30-32H,4-5,10-12,15-16H2,1-3H3/t23-,26-/m0/s1. The highest BCUT2D eigenvalue weighted by Crippen LogP contribution is 2.46. The predicted octanol–water partition coefficient (Wildman–Crippen LogP) is 3.81. The molecule has 0 unspecified atom stereocenters. The van der Waals surface area contributed by atoms with Crippen LogP contribution in [-0.4, -0.2) is 53.5 Å². The summed E-state index contributed by atoms with van der Waals surface area (Å²) in [7, 11) is 2.91. The van der Waals surface area contributed by atoms with Crippen LogP contribution >= 0.6 is 0 Å². The predicted molar refractivity (Wildman–Crippen MR) is 129 cm³/mol. The number of aromatic hydroxyl groups is 2. The first-order valence-corrected chi connectivity index (χ1v) is 11.8. The fourth-order valence-corrected chi connectivity index (χ4v) is 4.99. The van der Waals surface area contributed by atoms with E-state index in [1.54, 1.807) is 24.3 Å². The Kier molecular flexibility index (Phi) is 8.62. The Hall–Kier alpha value is -3.26. The molecule has 3 N–H and O–H groups in total. The number of rotatable bonds is 11. The first-order chi connectivity index (χ1) is 16.7. The summed E-state index contributed by atoms with van der Waals surface area (Å²) in [6.07, 6.45) is 1.71. The molecule has 0 amide bonds. The van der Waals surface area contributed by atoms with Gasteiger partial charge in [-0.25, -0.2) is 0 Å². The summed E-state index contributed by atoms with van der Waals surface area (Å²) in [6.45, 7) is 1.25. The third kappa shape index (κ3) is 6.45. The van der Waals surface area contributed by atoms with Gasteiger partial charge in [0.15, 0.2) is 23.0 Å². The van der Waals surface area contributed by atoms with E-state index >= 15 is 0 Å². The topological polar surface area (TPSA) is 123 Å². The highest BCUT2D eigenvalue weighted by Gasteiger charge is 2.39. The van der Waals surface area contributed by atoms with E-state index in [1.165, 1.54) is 27.2 Å². The first-order valence-electron chi connectivity index (χ1n) is 11.8. The number of carbonyl (C=O) groups is 2. The van der Waals surface area contributed by atoms with Crippen molar-refractivity contribution in [1.82, 2.24) is 0 Å². The van der Waals surface area contributed by atoms with E-state index in [-0.39, 0.29) is 42.3 Å². The van der Waals surface area contributed by atoms with Gasteiger partial charge >= 0.3 is 5.97 Å². The zero-order valence-electron chi connectivity index (χ0n) is 20.5. The molecule has 2 aromatic carbocycles. The second-order valence-electron chi connectivity index (χ2n) is 9.22. The van der Waals surface area contributed by atoms with Gasteiger partial charge in [-0.1, -0.05) is 25.0 Å². The summed E-state index contributed by atoms with van der Waals surface area (Å²) >= 11 is 0. The Bertz CT molecular complexity index is 1040. The number of aliphatic hydroxyl groups excluding tert-OH is 1. The van der Waals surface area contributed by atoms with E-state index < -0.39 is 23.6 Å². The molecule has 0 saturated heterocycles. The van der Waals surface area contributed by atoms with Crippen LogP contribution in [0.1, 0.15) is 56.6 Å². The fraction of sp³-hybridized carbons (Fsp3) is 0.481. The van der Waals surface area contributed by atoms with Crippen molar-refractivity contribution in [3.63, 3.8) is 0 Å².